The number of hydrogen-bond donors (Lipinski definition) is 1. The maximum atomic E-state index is 13.7. The molecule has 0 bridgehead atoms. The highest BCUT2D eigenvalue weighted by atomic mass is 32.2. The summed E-state index contributed by atoms with van der Waals surface area (Å²) < 4.78 is 13.8. The van der Waals surface area contributed by atoms with E-state index in [1.165, 1.54) is 18.5 Å². The molecular weight excluding hydrogens is 629 g/mol. The first-order chi connectivity index (χ1) is 23.9. The number of hydrogen-bond acceptors (Lipinski definition) is 6. The Morgan fingerprint density at radius 1 is 1.00 bits per heavy atom. The number of anilines is 2. The molecule has 2 heterocycles. The number of aromatic nitrogens is 2. The van der Waals surface area contributed by atoms with Crippen LogP contribution in [-0.4, -0.2) is 48.4 Å². The second-order valence-corrected chi connectivity index (χ2v) is 14.6. The number of amides is 1. The molecule has 49 heavy (non-hydrogen) atoms. The summed E-state index contributed by atoms with van der Waals surface area (Å²) in [6.07, 6.45) is 11.6. The minimum atomic E-state index is -0.0505. The summed E-state index contributed by atoms with van der Waals surface area (Å²) in [5.41, 5.74) is 6.05. The van der Waals surface area contributed by atoms with Gasteiger partial charge >= 0.3 is 0 Å². The monoisotopic (exact) mass is 678 g/mol. The lowest BCUT2D eigenvalue weighted by Crippen LogP contribution is -2.29. The maximum Gasteiger partial charge on any atom is 0.251 e. The molecule has 258 valence electrons. The van der Waals surface area contributed by atoms with E-state index in [0.717, 1.165) is 95.2 Å². The van der Waals surface area contributed by atoms with Crippen LogP contribution in [0.1, 0.15) is 64.3 Å². The summed E-state index contributed by atoms with van der Waals surface area (Å²) >= 11 is 1.78. The molecule has 0 radical (unpaired) electrons. The highest BCUT2D eigenvalue weighted by molar-refractivity contribution is 7.98. The van der Waals surface area contributed by atoms with Gasteiger partial charge in [0.1, 0.15) is 18.2 Å². The van der Waals surface area contributed by atoms with E-state index in [0.29, 0.717) is 25.6 Å². The predicted molar refractivity (Wildman–Crippen MR) is 202 cm³/mol. The first-order valence-electron chi connectivity index (χ1n) is 17.9. The molecule has 1 amide bonds. The Labute approximate surface area is 296 Å². The van der Waals surface area contributed by atoms with E-state index in [9.17, 15) is 4.79 Å². The summed E-state index contributed by atoms with van der Waals surface area (Å²) in [6.45, 7) is 11.4. The highest BCUT2D eigenvalue weighted by Gasteiger charge is 2.23. The largest absolute Gasteiger partial charge is 0.491 e. The van der Waals surface area contributed by atoms with E-state index < -0.39 is 0 Å². The van der Waals surface area contributed by atoms with Gasteiger partial charge in [0.2, 0.25) is 0 Å². The van der Waals surface area contributed by atoms with E-state index in [1.807, 2.05) is 30.5 Å². The smallest absolute Gasteiger partial charge is 0.251 e. The van der Waals surface area contributed by atoms with Gasteiger partial charge in [0, 0.05) is 60.5 Å². The molecule has 0 saturated heterocycles. The summed E-state index contributed by atoms with van der Waals surface area (Å²) in [4.78, 5) is 21.8. The molecule has 0 atom stereocenters. The molecule has 1 aliphatic carbocycles. The van der Waals surface area contributed by atoms with Gasteiger partial charge in [-0.25, -0.2) is 4.98 Å². The molecule has 0 unspecified atom stereocenters. The lowest BCUT2D eigenvalue weighted by Gasteiger charge is -2.27. The van der Waals surface area contributed by atoms with Crippen molar-refractivity contribution in [3.63, 3.8) is 0 Å². The lowest BCUT2D eigenvalue weighted by atomic mass is 10.00. The van der Waals surface area contributed by atoms with E-state index in [4.69, 9.17) is 9.47 Å². The van der Waals surface area contributed by atoms with E-state index in [2.05, 4.69) is 95.3 Å². The van der Waals surface area contributed by atoms with Crippen LogP contribution in [0.25, 0.3) is 17.2 Å². The van der Waals surface area contributed by atoms with Crippen molar-refractivity contribution in [3.8, 4) is 16.9 Å². The number of fused-ring (bicyclic) bond motifs is 1. The number of imidazole rings is 1. The van der Waals surface area contributed by atoms with Gasteiger partial charge in [-0.1, -0.05) is 45.4 Å². The minimum Gasteiger partial charge on any atom is -0.491 e. The third kappa shape index (κ3) is 10.0. The molecule has 1 aliphatic heterocycles. The first-order valence-corrected chi connectivity index (χ1v) is 18.9. The molecule has 2 aliphatic rings. The average Bonchev–Trinajstić information content (AvgIpc) is 3.85. The van der Waals surface area contributed by atoms with Gasteiger partial charge in [0.25, 0.3) is 5.91 Å². The van der Waals surface area contributed by atoms with Crippen molar-refractivity contribution in [3.05, 3.63) is 96.1 Å². The van der Waals surface area contributed by atoms with Crippen LogP contribution in [0.15, 0.2) is 89.6 Å². The van der Waals surface area contributed by atoms with Gasteiger partial charge in [-0.05, 0) is 109 Å². The van der Waals surface area contributed by atoms with Crippen LogP contribution < -0.4 is 15.0 Å². The van der Waals surface area contributed by atoms with Crippen LogP contribution in [-0.2, 0) is 21.8 Å². The Morgan fingerprint density at radius 3 is 2.55 bits per heavy atom. The van der Waals surface area contributed by atoms with Crippen molar-refractivity contribution >= 4 is 35.1 Å². The topological polar surface area (TPSA) is 68.6 Å². The fourth-order valence-electron chi connectivity index (χ4n) is 6.11. The van der Waals surface area contributed by atoms with Gasteiger partial charge in [0.05, 0.1) is 12.4 Å². The van der Waals surface area contributed by atoms with E-state index in [1.54, 1.807) is 11.8 Å². The number of nitrogens with zero attached hydrogens (tertiary/aromatic N) is 3. The van der Waals surface area contributed by atoms with Gasteiger partial charge in [-0.3, -0.25) is 4.79 Å². The number of carbonyl (C=O) groups is 1. The Bertz CT molecular complexity index is 1690. The minimum absolute atomic E-state index is 0.0505. The summed E-state index contributed by atoms with van der Waals surface area (Å²) in [5.74, 6) is 4.06. The zero-order chi connectivity index (χ0) is 34.0. The number of ether oxygens (including phenoxy) is 2. The van der Waals surface area contributed by atoms with Crippen LogP contribution in [0.4, 0.5) is 11.4 Å². The molecule has 1 N–H and O–H groups in total. The van der Waals surface area contributed by atoms with Crippen molar-refractivity contribution in [1.29, 1.82) is 0 Å². The number of carbonyl (C=O) groups excluding carboxylic acids is 1. The van der Waals surface area contributed by atoms with Crippen molar-refractivity contribution < 1.29 is 14.3 Å². The van der Waals surface area contributed by atoms with Crippen LogP contribution in [0.2, 0.25) is 0 Å². The standard InChI is InChI=1S/C41H50N4O3S/c1-4-5-22-47-23-24-48-37-13-8-32(9-14-37)33-10-17-39-35(25-33)26-34(18-20-44(39)27-30(2)3)41(46)43-36-11-15-38(16-12-36)49-29-40-42-19-21-45(40)28-31-6-7-31/h8-17,19,21,25-26,30-31H,4-7,18,20,22-24,27-29H2,1-3H3,(H,43,46). The third-order valence-corrected chi connectivity index (χ3v) is 9.99. The number of benzene rings is 3. The number of rotatable bonds is 17. The normalized spacial score (nSPS) is 14.4. The molecule has 1 aromatic heterocycles. The SMILES string of the molecule is CCCCOCCOc1ccc(-c2ccc3c(c2)C=C(C(=O)Nc2ccc(SCc4nccn4CC4CC4)cc2)CCN3CC(C)C)cc1. The molecule has 4 aromatic rings. The number of thioether (sulfide) groups is 1. The second kappa shape index (κ2) is 17.1. The summed E-state index contributed by atoms with van der Waals surface area (Å²) in [7, 11) is 0. The quantitative estimate of drug-likeness (QED) is 0.0887. The lowest BCUT2D eigenvalue weighted by molar-refractivity contribution is -0.112. The molecule has 3 aromatic carbocycles. The highest BCUT2D eigenvalue weighted by Crippen LogP contribution is 2.34. The molecule has 0 spiro atoms. The van der Waals surface area contributed by atoms with Crippen LogP contribution in [0.5, 0.6) is 5.75 Å². The molecule has 7 nitrogen and oxygen atoms in total. The molecule has 1 fully saturated rings. The van der Waals surface area contributed by atoms with Gasteiger partial charge in [0.15, 0.2) is 0 Å². The predicted octanol–water partition coefficient (Wildman–Crippen LogP) is 9.34. The number of nitrogens with one attached hydrogen (secondary N) is 1. The summed E-state index contributed by atoms with van der Waals surface area (Å²) in [6, 6.07) is 23.0. The van der Waals surface area contributed by atoms with E-state index >= 15 is 0 Å². The number of unbranched alkanes of at least 4 members (excludes halogenated alkanes) is 1. The van der Waals surface area contributed by atoms with Gasteiger partial charge < -0.3 is 24.3 Å². The first kappa shape index (κ1) is 34.8. The molecule has 6 rings (SSSR count). The third-order valence-electron chi connectivity index (χ3n) is 8.99. The zero-order valence-electron chi connectivity index (χ0n) is 29.2. The Hall–Kier alpha value is -4.01. The second-order valence-electron chi connectivity index (χ2n) is 13.6. The zero-order valence-corrected chi connectivity index (χ0v) is 30.0. The average molecular weight is 679 g/mol. The molecule has 1 saturated carbocycles. The van der Waals surface area contributed by atoms with Crippen LogP contribution in [0.3, 0.4) is 0 Å². The Balaban J connectivity index is 1.11. The fraction of sp³-hybridized carbons (Fsp3) is 0.415. The van der Waals surface area contributed by atoms with Crippen LogP contribution >= 0.6 is 11.8 Å². The molecule has 8 heteroatoms. The molecular formula is C41H50N4O3S. The summed E-state index contributed by atoms with van der Waals surface area (Å²) in [5, 5.41) is 3.17. The Morgan fingerprint density at radius 2 is 1.80 bits per heavy atom. The maximum absolute atomic E-state index is 13.7. The van der Waals surface area contributed by atoms with E-state index in [-0.39, 0.29) is 5.91 Å². The van der Waals surface area contributed by atoms with Crippen molar-refractivity contribution in [2.45, 2.75) is 70.1 Å². The van der Waals surface area contributed by atoms with Crippen molar-refractivity contribution in [1.82, 2.24) is 9.55 Å². The van der Waals surface area contributed by atoms with Crippen LogP contribution in [0, 0.1) is 11.8 Å². The van der Waals surface area contributed by atoms with Crippen molar-refractivity contribution in [2.75, 3.05) is 43.1 Å². The van der Waals surface area contributed by atoms with Crippen molar-refractivity contribution in [2.24, 2.45) is 11.8 Å². The Kier molecular flexibility index (Phi) is 12.1. The fourth-order valence-corrected chi connectivity index (χ4v) is 6.98. The van der Waals surface area contributed by atoms with Gasteiger partial charge in [-0.15, -0.1) is 11.8 Å². The van der Waals surface area contributed by atoms with Gasteiger partial charge in [-0.2, -0.15) is 0 Å².